The first kappa shape index (κ1) is 12.4. The number of ketones is 1. The number of hydrogen-bond donors (Lipinski definition) is 0. The van der Waals surface area contributed by atoms with Gasteiger partial charge in [0, 0.05) is 12.5 Å². The van der Waals surface area contributed by atoms with Crippen LogP contribution in [0.4, 0.5) is 0 Å². The number of nitrogens with zero attached hydrogens (tertiary/aromatic N) is 1. The van der Waals surface area contributed by atoms with Crippen molar-refractivity contribution >= 4 is 5.78 Å². The Morgan fingerprint density at radius 1 is 1.44 bits per heavy atom. The van der Waals surface area contributed by atoms with E-state index in [-0.39, 0.29) is 5.78 Å². The van der Waals surface area contributed by atoms with Crippen LogP contribution in [0.2, 0.25) is 0 Å². The minimum atomic E-state index is -0.0940. The number of oxazole rings is 1. The summed E-state index contributed by atoms with van der Waals surface area (Å²) in [5.74, 6) is 1.65. The van der Waals surface area contributed by atoms with Gasteiger partial charge in [0.15, 0.2) is 5.78 Å². The van der Waals surface area contributed by atoms with Gasteiger partial charge in [-0.15, -0.1) is 0 Å². The Balaban J connectivity index is 2.39. The van der Waals surface area contributed by atoms with E-state index in [2.05, 4.69) is 4.98 Å². The number of aryl methyl sites for hydroxylation is 1. The van der Waals surface area contributed by atoms with Gasteiger partial charge in [0.1, 0.15) is 17.2 Å². The van der Waals surface area contributed by atoms with Crippen LogP contribution >= 0.6 is 0 Å². The highest BCUT2D eigenvalue weighted by Gasteiger charge is 2.14. The molecule has 0 radical (unpaired) electrons. The maximum absolute atomic E-state index is 11.3. The molecule has 0 fully saturated rings. The lowest BCUT2D eigenvalue weighted by Gasteiger charge is -2.03. The van der Waals surface area contributed by atoms with Crippen LogP contribution in [0.3, 0.4) is 0 Å². The van der Waals surface area contributed by atoms with E-state index < -0.39 is 0 Å². The predicted octanol–water partition coefficient (Wildman–Crippen LogP) is 3.25. The Bertz CT molecular complexity index is 572. The van der Waals surface area contributed by atoms with Crippen LogP contribution in [0, 0.1) is 6.92 Å². The Kier molecular flexibility index (Phi) is 3.46. The number of carbonyl (C=O) groups excluding carboxylic acids is 1. The molecule has 4 heteroatoms. The molecule has 0 saturated carbocycles. The smallest absolute Gasteiger partial charge is 0.227 e. The first-order valence-corrected chi connectivity index (χ1v) is 5.83. The van der Waals surface area contributed by atoms with E-state index in [1.54, 1.807) is 6.92 Å². The van der Waals surface area contributed by atoms with E-state index in [1.165, 1.54) is 6.92 Å². The third-order valence-corrected chi connectivity index (χ3v) is 2.52. The van der Waals surface area contributed by atoms with E-state index in [4.69, 9.17) is 9.15 Å². The zero-order valence-corrected chi connectivity index (χ0v) is 10.7. The fourth-order valence-electron chi connectivity index (χ4n) is 1.73. The number of aromatic nitrogens is 1. The third-order valence-electron chi connectivity index (χ3n) is 2.52. The molecule has 0 N–H and O–H groups in total. The molecule has 0 bridgehead atoms. The van der Waals surface area contributed by atoms with Crippen molar-refractivity contribution < 1.29 is 13.9 Å². The van der Waals surface area contributed by atoms with Crippen molar-refractivity contribution in [2.45, 2.75) is 20.8 Å². The van der Waals surface area contributed by atoms with Crippen molar-refractivity contribution in [3.8, 4) is 17.2 Å². The maximum atomic E-state index is 11.3. The summed E-state index contributed by atoms with van der Waals surface area (Å²) in [4.78, 5) is 15.5. The van der Waals surface area contributed by atoms with E-state index in [0.29, 0.717) is 24.0 Å². The monoisotopic (exact) mass is 245 g/mol. The van der Waals surface area contributed by atoms with Gasteiger partial charge in [-0.3, -0.25) is 4.79 Å². The van der Waals surface area contributed by atoms with Gasteiger partial charge in [0.25, 0.3) is 0 Å². The third kappa shape index (κ3) is 2.42. The van der Waals surface area contributed by atoms with Crippen molar-refractivity contribution in [1.82, 2.24) is 4.98 Å². The van der Waals surface area contributed by atoms with Crippen molar-refractivity contribution in [2.24, 2.45) is 0 Å². The Morgan fingerprint density at radius 3 is 2.83 bits per heavy atom. The molecule has 0 aliphatic rings. The lowest BCUT2D eigenvalue weighted by Crippen LogP contribution is -1.94. The summed E-state index contributed by atoms with van der Waals surface area (Å²) in [5, 5.41) is 0. The molecule has 0 unspecified atom stereocenters. The summed E-state index contributed by atoms with van der Waals surface area (Å²) in [6.07, 6.45) is 0. The number of Topliss-reactive ketones (excluding diaryl/α,β-unsaturated/α-hetero) is 1. The van der Waals surface area contributed by atoms with Gasteiger partial charge in [-0.2, -0.15) is 0 Å². The fourth-order valence-corrected chi connectivity index (χ4v) is 1.73. The van der Waals surface area contributed by atoms with Gasteiger partial charge in [-0.05, 0) is 32.0 Å². The summed E-state index contributed by atoms with van der Waals surface area (Å²) in [6.45, 7) is 5.74. The van der Waals surface area contributed by atoms with Gasteiger partial charge in [0.2, 0.25) is 5.89 Å². The second kappa shape index (κ2) is 5.04. The average molecular weight is 245 g/mol. The molecular weight excluding hydrogens is 230 g/mol. The molecule has 0 atom stereocenters. The van der Waals surface area contributed by atoms with Crippen LogP contribution < -0.4 is 4.74 Å². The zero-order valence-electron chi connectivity index (χ0n) is 10.7. The molecule has 2 rings (SSSR count). The SMILES string of the molecule is CCOc1cccc(-c2nc(C(C)=O)c(C)o2)c1. The van der Waals surface area contributed by atoms with E-state index in [1.807, 2.05) is 31.2 Å². The molecule has 94 valence electrons. The molecule has 0 aliphatic heterocycles. The van der Waals surface area contributed by atoms with Crippen molar-refractivity contribution in [3.05, 3.63) is 35.7 Å². The number of benzene rings is 1. The number of rotatable bonds is 4. The highest BCUT2D eigenvalue weighted by atomic mass is 16.5. The van der Waals surface area contributed by atoms with Gasteiger partial charge in [-0.1, -0.05) is 6.07 Å². The molecule has 2 aromatic rings. The molecule has 1 aromatic heterocycles. The number of ether oxygens (including phenoxy) is 1. The quantitative estimate of drug-likeness (QED) is 0.776. The van der Waals surface area contributed by atoms with Gasteiger partial charge < -0.3 is 9.15 Å². The normalized spacial score (nSPS) is 10.4. The van der Waals surface area contributed by atoms with Crippen LogP contribution in [0.25, 0.3) is 11.5 Å². The van der Waals surface area contributed by atoms with Crippen molar-refractivity contribution in [3.63, 3.8) is 0 Å². The van der Waals surface area contributed by atoms with Crippen LogP contribution in [0.5, 0.6) is 5.75 Å². The zero-order chi connectivity index (χ0) is 13.1. The van der Waals surface area contributed by atoms with Crippen LogP contribution in [-0.2, 0) is 0 Å². The molecule has 18 heavy (non-hydrogen) atoms. The molecule has 1 aromatic carbocycles. The Labute approximate surface area is 106 Å². The highest BCUT2D eigenvalue weighted by molar-refractivity contribution is 5.93. The van der Waals surface area contributed by atoms with Gasteiger partial charge >= 0.3 is 0 Å². The molecule has 0 spiro atoms. The number of hydrogen-bond acceptors (Lipinski definition) is 4. The largest absolute Gasteiger partial charge is 0.494 e. The summed E-state index contributed by atoms with van der Waals surface area (Å²) in [5.41, 5.74) is 1.18. The Morgan fingerprint density at radius 2 is 2.22 bits per heavy atom. The molecule has 0 aliphatic carbocycles. The first-order valence-electron chi connectivity index (χ1n) is 5.83. The van der Waals surface area contributed by atoms with Crippen molar-refractivity contribution in [2.75, 3.05) is 6.61 Å². The van der Waals surface area contributed by atoms with Gasteiger partial charge in [0.05, 0.1) is 6.61 Å². The fraction of sp³-hybridized carbons (Fsp3) is 0.286. The summed E-state index contributed by atoms with van der Waals surface area (Å²) in [6, 6.07) is 7.46. The molecule has 1 heterocycles. The second-order valence-corrected chi connectivity index (χ2v) is 3.94. The highest BCUT2D eigenvalue weighted by Crippen LogP contribution is 2.25. The Hall–Kier alpha value is -2.10. The minimum Gasteiger partial charge on any atom is -0.494 e. The number of carbonyl (C=O) groups is 1. The topological polar surface area (TPSA) is 52.3 Å². The van der Waals surface area contributed by atoms with Crippen LogP contribution in [-0.4, -0.2) is 17.4 Å². The first-order chi connectivity index (χ1) is 8.61. The van der Waals surface area contributed by atoms with Crippen LogP contribution in [0.1, 0.15) is 30.1 Å². The summed E-state index contributed by atoms with van der Waals surface area (Å²) >= 11 is 0. The molecule has 4 nitrogen and oxygen atoms in total. The average Bonchev–Trinajstić information content (AvgIpc) is 2.72. The summed E-state index contributed by atoms with van der Waals surface area (Å²) in [7, 11) is 0. The second-order valence-electron chi connectivity index (χ2n) is 3.94. The minimum absolute atomic E-state index is 0.0940. The molecule has 0 saturated heterocycles. The molecule has 0 amide bonds. The lowest BCUT2D eigenvalue weighted by atomic mass is 10.2. The van der Waals surface area contributed by atoms with E-state index in [0.717, 1.165) is 11.3 Å². The van der Waals surface area contributed by atoms with Crippen LogP contribution in [0.15, 0.2) is 28.7 Å². The lowest BCUT2D eigenvalue weighted by molar-refractivity contribution is 0.101. The predicted molar refractivity (Wildman–Crippen MR) is 67.8 cm³/mol. The summed E-state index contributed by atoms with van der Waals surface area (Å²) < 4.78 is 10.9. The van der Waals surface area contributed by atoms with E-state index in [9.17, 15) is 4.79 Å². The van der Waals surface area contributed by atoms with Crippen molar-refractivity contribution in [1.29, 1.82) is 0 Å². The molecular formula is C14H15NO3. The standard InChI is InChI=1S/C14H15NO3/c1-4-17-12-7-5-6-11(8-12)14-15-13(9(2)16)10(3)18-14/h5-8H,4H2,1-3H3. The maximum Gasteiger partial charge on any atom is 0.227 e. The van der Waals surface area contributed by atoms with Gasteiger partial charge in [-0.25, -0.2) is 4.98 Å². The van der Waals surface area contributed by atoms with E-state index >= 15 is 0 Å².